The van der Waals surface area contributed by atoms with E-state index in [1.54, 1.807) is 12.1 Å². The Kier molecular flexibility index (Phi) is 15.4. The van der Waals surface area contributed by atoms with Gasteiger partial charge in [0.25, 0.3) is 10.1 Å². The first-order valence-electron chi connectivity index (χ1n) is 21.0. The summed E-state index contributed by atoms with van der Waals surface area (Å²) in [5, 5.41) is 0. The molecule has 2 heterocycles. The van der Waals surface area contributed by atoms with Crippen molar-refractivity contribution in [2.45, 2.75) is 96.3 Å². The second-order valence-electron chi connectivity index (χ2n) is 16.5. The Bertz CT molecular complexity index is 2170. The first-order chi connectivity index (χ1) is 28.5. The van der Waals surface area contributed by atoms with Gasteiger partial charge in [-0.25, -0.2) is 4.58 Å². The van der Waals surface area contributed by atoms with Crippen LogP contribution in [0, 0.1) is 6.92 Å². The zero-order valence-electron chi connectivity index (χ0n) is 36.9. The van der Waals surface area contributed by atoms with Gasteiger partial charge in [0.2, 0.25) is 5.71 Å². The molecule has 0 radical (unpaired) electrons. The number of carbonyl (C=O) groups excluding carboxylic acids is 2. The molecule has 1 N–H and O–H groups in total. The Hall–Kier alpha value is -4.56. The quantitative estimate of drug-likeness (QED) is 0.0731. The van der Waals surface area contributed by atoms with Gasteiger partial charge in [-0.2, -0.15) is 8.42 Å². The van der Waals surface area contributed by atoms with Crippen LogP contribution in [0.5, 0.6) is 0 Å². The molecule has 13 heteroatoms. The van der Waals surface area contributed by atoms with Gasteiger partial charge in [0.15, 0.2) is 13.1 Å². The van der Waals surface area contributed by atoms with E-state index in [0.717, 1.165) is 54.0 Å². The minimum Gasteiger partial charge on any atom is -0.469 e. The van der Waals surface area contributed by atoms with Crippen LogP contribution in [0.1, 0.15) is 90.3 Å². The first kappa shape index (κ1) is 46.5. The Morgan fingerprint density at radius 3 is 1.65 bits per heavy atom. The molecular weight excluding hydrogens is 783 g/mol. The number of esters is 2. The normalized spacial score (nSPS) is 19.7. The molecule has 326 valence electrons. The van der Waals surface area contributed by atoms with Crippen LogP contribution in [0.25, 0.3) is 0 Å². The largest absolute Gasteiger partial charge is 0.469 e. The lowest BCUT2D eigenvalue weighted by atomic mass is 9.82. The number of aryl methyl sites for hydroxylation is 1. The number of anilines is 2. The van der Waals surface area contributed by atoms with Crippen molar-refractivity contribution in [1.29, 1.82) is 0 Å². The average Bonchev–Trinajstić information content (AvgIpc) is 3.57. The first-order valence-corrected chi connectivity index (χ1v) is 22.5. The predicted molar refractivity (Wildman–Crippen MR) is 236 cm³/mol. The van der Waals surface area contributed by atoms with Crippen LogP contribution in [-0.4, -0.2) is 102 Å². The Balaban J connectivity index is 1.63. The van der Waals surface area contributed by atoms with Crippen molar-refractivity contribution in [1.82, 2.24) is 0 Å². The van der Waals surface area contributed by atoms with E-state index < -0.39 is 15.5 Å². The highest BCUT2D eigenvalue weighted by atomic mass is 32.2. The molecule has 0 atom stereocenters. The van der Waals surface area contributed by atoms with E-state index in [0.29, 0.717) is 32.8 Å². The van der Waals surface area contributed by atoms with Crippen molar-refractivity contribution in [3.63, 3.8) is 0 Å². The number of likely N-dealkylation sites (N-methyl/N-ethyl adjacent to an activating group) is 2. The van der Waals surface area contributed by atoms with Gasteiger partial charge in [-0.3, -0.25) is 14.1 Å². The number of hydrogen-bond acceptors (Lipinski definition) is 10. The number of rotatable bonds is 17. The number of benzene rings is 2. The van der Waals surface area contributed by atoms with Gasteiger partial charge in [-0.1, -0.05) is 57.5 Å². The number of hydrogen-bond donors (Lipinski definition) is 1. The van der Waals surface area contributed by atoms with Gasteiger partial charge in [-0.15, -0.1) is 0 Å². The van der Waals surface area contributed by atoms with Gasteiger partial charge in [0.1, 0.15) is 13.2 Å². The predicted octanol–water partition coefficient (Wildman–Crippen LogP) is 7.59. The topological polar surface area (TPSA) is 135 Å². The van der Waals surface area contributed by atoms with Gasteiger partial charge in [0, 0.05) is 57.8 Å². The van der Waals surface area contributed by atoms with Crippen molar-refractivity contribution >= 4 is 39.1 Å². The van der Waals surface area contributed by atoms with Crippen LogP contribution in [0.15, 0.2) is 88.1 Å². The molecule has 60 heavy (non-hydrogen) atoms. The molecule has 2 aromatic rings. The highest BCUT2D eigenvalue weighted by Crippen LogP contribution is 2.49. The number of carbonyl (C=O) groups is 2. The van der Waals surface area contributed by atoms with Crippen LogP contribution in [-0.2, 0) is 49.5 Å². The SMILES string of the molecule is CCN1C(=CC=C2CCC/C(=C\C=C3\N(CC)c4ccc(S(=O)(=O)O)cc4C3(C)C)C2=[N+](CCOCCC(=O)OC)CCOCCC(=O)OC)C(C)(C)c2cc(C)ccc21. The van der Waals surface area contributed by atoms with E-state index in [1.807, 2.05) is 0 Å². The Labute approximate surface area is 357 Å². The number of fused-ring (bicyclic) bond motifs is 2. The molecule has 0 aromatic heterocycles. The standard InChI is InChI=1S/C47H63N3O9S/c1-10-49-39-19-15-33(3)31-37(39)46(4,5)41(49)21-16-34-13-12-14-35(17-22-42-47(6,7)38-32-36(60(53,54)55)18-20-40(38)50(42)11-2)45(34)48(25-29-58-27-23-43(51)56-8)26-30-59-28-24-44(52)57-9/h15-22,31-32H,10-14,23-30H2,1-9H3/p+1. The molecular formula is C47H64N3O9S+. The second kappa shape index (κ2) is 19.9. The molecule has 1 aliphatic carbocycles. The fourth-order valence-electron chi connectivity index (χ4n) is 8.69. The Morgan fingerprint density at radius 2 is 1.20 bits per heavy atom. The number of allylic oxidation sites excluding steroid dienone is 8. The highest BCUT2D eigenvalue weighted by molar-refractivity contribution is 7.85. The molecule has 12 nitrogen and oxygen atoms in total. The summed E-state index contributed by atoms with van der Waals surface area (Å²) in [6.45, 7) is 18.9. The minimum absolute atomic E-state index is 0.125. The van der Waals surface area contributed by atoms with Gasteiger partial charge in [-0.05, 0) is 87.6 Å². The zero-order chi connectivity index (χ0) is 43.8. The maximum absolute atomic E-state index is 12.2. The summed E-state index contributed by atoms with van der Waals surface area (Å²) in [5.41, 5.74) is 10.4. The monoisotopic (exact) mass is 846 g/mol. The average molecular weight is 847 g/mol. The lowest BCUT2D eigenvalue weighted by Gasteiger charge is -2.27. The number of nitrogens with zero attached hydrogens (tertiary/aromatic N) is 3. The third-order valence-corrected chi connectivity index (χ3v) is 12.8. The second-order valence-corrected chi connectivity index (χ2v) is 17.9. The molecule has 1 fully saturated rings. The zero-order valence-corrected chi connectivity index (χ0v) is 37.7. The van der Waals surface area contributed by atoms with Gasteiger partial charge in [0.05, 0.1) is 45.2 Å². The van der Waals surface area contributed by atoms with Gasteiger partial charge >= 0.3 is 11.9 Å². The highest BCUT2D eigenvalue weighted by Gasteiger charge is 2.41. The fraction of sp³-hybridized carbons (Fsp3) is 0.511. The van der Waals surface area contributed by atoms with Crippen molar-refractivity contribution in [3.8, 4) is 0 Å². The molecule has 0 saturated heterocycles. The Morgan fingerprint density at radius 1 is 0.733 bits per heavy atom. The van der Waals surface area contributed by atoms with E-state index in [4.69, 9.17) is 18.9 Å². The molecule has 3 aliphatic rings. The summed E-state index contributed by atoms with van der Waals surface area (Å²) in [6, 6.07) is 11.5. The van der Waals surface area contributed by atoms with E-state index in [-0.39, 0.29) is 48.3 Å². The summed E-state index contributed by atoms with van der Waals surface area (Å²) >= 11 is 0. The van der Waals surface area contributed by atoms with E-state index in [9.17, 15) is 22.6 Å². The third kappa shape index (κ3) is 10.3. The lowest BCUT2D eigenvalue weighted by Crippen LogP contribution is -2.33. The van der Waals surface area contributed by atoms with Crippen LogP contribution in [0.2, 0.25) is 0 Å². The molecule has 0 unspecified atom stereocenters. The maximum atomic E-state index is 12.2. The smallest absolute Gasteiger partial charge is 0.307 e. The molecule has 1 saturated carbocycles. The van der Waals surface area contributed by atoms with Gasteiger partial charge < -0.3 is 28.7 Å². The lowest BCUT2D eigenvalue weighted by molar-refractivity contribution is -0.533. The summed E-state index contributed by atoms with van der Waals surface area (Å²) in [5.74, 6) is -0.658. The third-order valence-electron chi connectivity index (χ3n) is 11.9. The van der Waals surface area contributed by atoms with Crippen molar-refractivity contribution in [2.24, 2.45) is 0 Å². The van der Waals surface area contributed by atoms with Crippen molar-refractivity contribution in [2.75, 3.05) is 76.6 Å². The number of ether oxygens (including phenoxy) is 4. The van der Waals surface area contributed by atoms with Crippen LogP contribution < -0.4 is 9.80 Å². The summed E-state index contributed by atoms with van der Waals surface area (Å²) in [4.78, 5) is 28.2. The van der Waals surface area contributed by atoms with Crippen molar-refractivity contribution in [3.05, 3.63) is 99.9 Å². The van der Waals surface area contributed by atoms with Crippen LogP contribution in [0.3, 0.4) is 0 Å². The van der Waals surface area contributed by atoms with Crippen LogP contribution >= 0.6 is 0 Å². The molecule has 0 bridgehead atoms. The van der Waals surface area contributed by atoms with Crippen molar-refractivity contribution < 1.29 is 46.1 Å². The van der Waals surface area contributed by atoms with E-state index >= 15 is 0 Å². The molecule has 0 amide bonds. The maximum Gasteiger partial charge on any atom is 0.307 e. The molecule has 5 rings (SSSR count). The molecule has 2 aliphatic heterocycles. The summed E-state index contributed by atoms with van der Waals surface area (Å²) < 4.78 is 58.1. The molecule has 2 aromatic carbocycles. The fourth-order valence-corrected chi connectivity index (χ4v) is 9.20. The van der Waals surface area contributed by atoms with E-state index in [2.05, 4.69) is 105 Å². The van der Waals surface area contributed by atoms with Crippen LogP contribution in [0.4, 0.5) is 11.4 Å². The minimum atomic E-state index is -4.38. The summed E-state index contributed by atoms with van der Waals surface area (Å²) in [6.07, 6.45) is 11.8. The molecule has 0 spiro atoms. The number of methoxy groups -OCH3 is 2. The summed E-state index contributed by atoms with van der Waals surface area (Å²) in [7, 11) is -1.65. The van der Waals surface area contributed by atoms with E-state index in [1.165, 1.54) is 48.4 Å².